The van der Waals surface area contributed by atoms with Crippen LogP contribution in [-0.2, 0) is 21.7 Å². The van der Waals surface area contributed by atoms with Crippen molar-refractivity contribution in [3.63, 3.8) is 0 Å². The van der Waals surface area contributed by atoms with Crippen LogP contribution < -0.4 is 15.5 Å². The van der Waals surface area contributed by atoms with Crippen molar-refractivity contribution in [1.82, 2.24) is 30.6 Å². The third kappa shape index (κ3) is 6.52. The molecule has 15 heteroatoms. The molecule has 11 nitrogen and oxygen atoms in total. The van der Waals surface area contributed by atoms with Gasteiger partial charge in [0, 0.05) is 43.6 Å². The molecule has 1 atom stereocenters. The Morgan fingerprint density at radius 2 is 2.02 bits per heavy atom. The number of methoxy groups -OCH3 is 1. The quantitative estimate of drug-likeness (QED) is 0.248. The highest BCUT2D eigenvalue weighted by Gasteiger charge is 2.46. The number of hydrogen-bond donors (Lipinski definition) is 3. The van der Waals surface area contributed by atoms with Gasteiger partial charge in [-0.15, -0.1) is 0 Å². The molecule has 1 saturated carbocycles. The highest BCUT2D eigenvalue weighted by atomic mass is 35.5. The lowest BCUT2D eigenvalue weighted by Gasteiger charge is -2.20. The summed E-state index contributed by atoms with van der Waals surface area (Å²) in [7, 11) is 1.37. The Labute approximate surface area is 261 Å². The van der Waals surface area contributed by atoms with Crippen LogP contribution in [0, 0.1) is 24.1 Å². The molecule has 45 heavy (non-hydrogen) atoms. The van der Waals surface area contributed by atoms with Crippen molar-refractivity contribution in [1.29, 1.82) is 5.41 Å². The maximum absolute atomic E-state index is 14.9. The summed E-state index contributed by atoms with van der Waals surface area (Å²) in [5.41, 5.74) is -1.10. The predicted octanol–water partition coefficient (Wildman–Crippen LogP) is 4.99. The number of carbonyl (C=O) groups excluding carboxylic acids is 2. The average Bonchev–Trinajstić information content (AvgIpc) is 3.73. The third-order valence-electron chi connectivity index (χ3n) is 7.62. The van der Waals surface area contributed by atoms with Crippen LogP contribution in [0.3, 0.4) is 0 Å². The van der Waals surface area contributed by atoms with Gasteiger partial charge in [0.25, 0.3) is 12.3 Å². The number of carbonyl (C=O) groups is 2. The number of hydrogen-bond acceptors (Lipinski definition) is 9. The van der Waals surface area contributed by atoms with Crippen molar-refractivity contribution in [3.8, 4) is 11.3 Å². The van der Waals surface area contributed by atoms with Crippen LogP contribution in [0.4, 0.5) is 19.0 Å². The minimum Gasteiger partial charge on any atom is -0.378 e. The average molecular weight is 643 g/mol. The number of anilines is 1. The molecule has 2 aliphatic rings. The van der Waals surface area contributed by atoms with E-state index in [0.29, 0.717) is 43.0 Å². The van der Waals surface area contributed by atoms with Gasteiger partial charge in [-0.2, -0.15) is 0 Å². The molecule has 3 heterocycles. The van der Waals surface area contributed by atoms with E-state index < -0.39 is 39.8 Å². The zero-order valence-electron chi connectivity index (χ0n) is 24.6. The summed E-state index contributed by atoms with van der Waals surface area (Å²) >= 11 is 5.86. The second-order valence-electron chi connectivity index (χ2n) is 11.0. The summed E-state index contributed by atoms with van der Waals surface area (Å²) < 4.78 is 47.5. The standard InChI is InChI=1S/C30H30ClF3N8O3/c1-15-8-23(43)42(13-15)28-16(2)39-22(12-37-28)30(6-7-30)38-10-17(9-35)40-29(44)26-21(14-45-3)36-11-20(41-26)24-18(27(33)34)4-5-19(31)25(24)32/h4-5,9-12,15,27,35,38H,6-8,13-14H2,1-3H3,(H,40,44)/b17-10+,35-9?/t15-/m0/s1. The van der Waals surface area contributed by atoms with Gasteiger partial charge in [0.15, 0.2) is 17.3 Å². The molecule has 3 aromatic rings. The Morgan fingerprint density at radius 3 is 2.62 bits per heavy atom. The number of halogens is 4. The number of rotatable bonds is 11. The van der Waals surface area contributed by atoms with Crippen LogP contribution >= 0.6 is 11.6 Å². The van der Waals surface area contributed by atoms with Crippen LogP contribution in [0.1, 0.15) is 65.7 Å². The number of nitrogens with zero attached hydrogens (tertiary/aromatic N) is 5. The molecule has 0 unspecified atom stereocenters. The van der Waals surface area contributed by atoms with Gasteiger partial charge in [0.05, 0.1) is 58.0 Å². The lowest BCUT2D eigenvalue weighted by atomic mass is 10.0. The monoisotopic (exact) mass is 642 g/mol. The number of aromatic nitrogens is 4. The first-order chi connectivity index (χ1) is 21.5. The Kier molecular flexibility index (Phi) is 9.16. The van der Waals surface area contributed by atoms with Crippen molar-refractivity contribution < 1.29 is 27.5 Å². The number of ether oxygens (including phenoxy) is 1. The highest BCUT2D eigenvalue weighted by Crippen LogP contribution is 2.45. The summed E-state index contributed by atoms with van der Waals surface area (Å²) in [6, 6.07) is 2.00. The molecule has 0 spiro atoms. The van der Waals surface area contributed by atoms with E-state index in [1.807, 2.05) is 6.92 Å². The van der Waals surface area contributed by atoms with Crippen molar-refractivity contribution in [3.05, 3.63) is 75.6 Å². The normalized spacial score (nSPS) is 17.5. The first-order valence-corrected chi connectivity index (χ1v) is 14.4. The molecule has 2 aromatic heterocycles. The first kappa shape index (κ1) is 32.0. The van der Waals surface area contributed by atoms with Gasteiger partial charge in [-0.05, 0) is 31.7 Å². The number of aryl methyl sites for hydroxylation is 1. The fourth-order valence-corrected chi connectivity index (χ4v) is 5.31. The van der Waals surface area contributed by atoms with Gasteiger partial charge < -0.3 is 20.8 Å². The topological polar surface area (TPSA) is 146 Å². The van der Waals surface area contributed by atoms with E-state index in [2.05, 4.69) is 25.6 Å². The van der Waals surface area contributed by atoms with Gasteiger partial charge in [-0.25, -0.2) is 23.1 Å². The van der Waals surface area contributed by atoms with Gasteiger partial charge in [0.2, 0.25) is 5.91 Å². The maximum atomic E-state index is 14.9. The highest BCUT2D eigenvalue weighted by molar-refractivity contribution is 6.31. The molecule has 0 bridgehead atoms. The Morgan fingerprint density at radius 1 is 1.27 bits per heavy atom. The molecule has 1 aliphatic heterocycles. The van der Waals surface area contributed by atoms with Crippen molar-refractivity contribution in [2.24, 2.45) is 5.92 Å². The maximum Gasteiger partial charge on any atom is 0.276 e. The molecule has 5 rings (SSSR count). The number of benzene rings is 1. The Hall–Kier alpha value is -4.43. The van der Waals surface area contributed by atoms with Crippen LogP contribution in [0.5, 0.6) is 0 Å². The van der Waals surface area contributed by atoms with E-state index in [0.717, 1.165) is 24.5 Å². The van der Waals surface area contributed by atoms with Gasteiger partial charge in [0.1, 0.15) is 0 Å². The predicted molar refractivity (Wildman–Crippen MR) is 159 cm³/mol. The fraction of sp³-hybridized carbons (Fsp3) is 0.367. The second kappa shape index (κ2) is 12.9. The van der Waals surface area contributed by atoms with E-state index in [1.54, 1.807) is 18.0 Å². The number of nitrogens with one attached hydrogen (secondary N) is 3. The number of allylic oxidation sites excluding steroid dienone is 1. The number of alkyl halides is 2. The molecule has 236 valence electrons. The minimum absolute atomic E-state index is 0.0113. The van der Waals surface area contributed by atoms with Crippen LogP contribution in [0.2, 0.25) is 5.02 Å². The number of amides is 2. The smallest absolute Gasteiger partial charge is 0.276 e. The van der Waals surface area contributed by atoms with Gasteiger partial charge in [-0.3, -0.25) is 24.5 Å². The first-order valence-electron chi connectivity index (χ1n) is 14.0. The zero-order chi connectivity index (χ0) is 32.5. The molecule has 1 aliphatic carbocycles. The molecular weight excluding hydrogens is 613 g/mol. The molecule has 1 aromatic carbocycles. The van der Waals surface area contributed by atoms with E-state index in [9.17, 15) is 22.8 Å². The largest absolute Gasteiger partial charge is 0.378 e. The SMILES string of the molecule is COCc1ncc(-c2c(C(F)F)ccc(Cl)c2F)nc1C(=O)N/C(C=N)=C/NC1(c2cnc(N3C[C@@H](C)CC3=O)c(C)n2)CC1. The molecule has 3 N–H and O–H groups in total. The fourth-order valence-electron chi connectivity index (χ4n) is 5.15. The summed E-state index contributed by atoms with van der Waals surface area (Å²) in [6.07, 6.45) is 3.86. The van der Waals surface area contributed by atoms with E-state index in [4.69, 9.17) is 26.7 Å². The van der Waals surface area contributed by atoms with Crippen LogP contribution in [0.25, 0.3) is 11.3 Å². The summed E-state index contributed by atoms with van der Waals surface area (Å²) in [5.74, 6) is -1.18. The molecule has 0 radical (unpaired) electrons. The Bertz CT molecular complexity index is 1700. The third-order valence-corrected chi connectivity index (χ3v) is 7.91. The van der Waals surface area contributed by atoms with Crippen molar-refractivity contribution in [2.45, 2.75) is 51.7 Å². The minimum atomic E-state index is -3.05. The van der Waals surface area contributed by atoms with E-state index in [1.165, 1.54) is 13.3 Å². The van der Waals surface area contributed by atoms with E-state index >= 15 is 0 Å². The molecule has 2 fully saturated rings. The summed E-state index contributed by atoms with van der Waals surface area (Å²) in [4.78, 5) is 44.9. The van der Waals surface area contributed by atoms with Crippen molar-refractivity contribution in [2.75, 3.05) is 18.6 Å². The lowest BCUT2D eigenvalue weighted by molar-refractivity contribution is -0.117. The second-order valence-corrected chi connectivity index (χ2v) is 11.4. The molecule has 1 saturated heterocycles. The summed E-state index contributed by atoms with van der Waals surface area (Å²) in [6.45, 7) is 4.23. The van der Waals surface area contributed by atoms with E-state index in [-0.39, 0.29) is 41.2 Å². The van der Waals surface area contributed by atoms with Crippen molar-refractivity contribution >= 4 is 35.4 Å². The van der Waals surface area contributed by atoms with Crippen LogP contribution in [-0.4, -0.2) is 51.6 Å². The molecule has 2 amide bonds. The Balaban J connectivity index is 1.38. The summed E-state index contributed by atoms with van der Waals surface area (Å²) in [5, 5.41) is 13.2. The zero-order valence-corrected chi connectivity index (χ0v) is 25.4. The lowest BCUT2D eigenvalue weighted by Crippen LogP contribution is -2.31. The van der Waals surface area contributed by atoms with Gasteiger partial charge >= 0.3 is 0 Å². The van der Waals surface area contributed by atoms with Gasteiger partial charge in [-0.1, -0.05) is 24.6 Å². The van der Waals surface area contributed by atoms with Crippen LogP contribution in [0.15, 0.2) is 36.4 Å². The molecular formula is C30H30ClF3N8O3.